The molecule has 0 atom stereocenters. The van der Waals surface area contributed by atoms with Crippen LogP contribution in [0.15, 0.2) is 71.6 Å². The van der Waals surface area contributed by atoms with Gasteiger partial charge in [-0.3, -0.25) is 4.79 Å². The van der Waals surface area contributed by atoms with E-state index in [0.29, 0.717) is 31.1 Å². The van der Waals surface area contributed by atoms with Gasteiger partial charge in [-0.25, -0.2) is 8.42 Å². The van der Waals surface area contributed by atoms with Gasteiger partial charge in [0, 0.05) is 38.3 Å². The summed E-state index contributed by atoms with van der Waals surface area (Å²) in [5.41, 5.74) is 1.85. The number of Topliss-reactive ketones (excluding diaryl/α,β-unsaturated/α-hetero) is 1. The lowest BCUT2D eigenvalue weighted by molar-refractivity contribution is -0.121. The minimum Gasteiger partial charge on any atom is -0.389 e. The molecule has 1 saturated heterocycles. The van der Waals surface area contributed by atoms with Gasteiger partial charge in [-0.05, 0) is 40.6 Å². The van der Waals surface area contributed by atoms with E-state index < -0.39 is 16.6 Å². The van der Waals surface area contributed by atoms with Crippen molar-refractivity contribution >= 4 is 32.3 Å². The van der Waals surface area contributed by atoms with E-state index in [9.17, 15) is 13.2 Å². The standard InChI is InChI=1S/C23H24N2O4S/c26-17-22(27)15-18-5-8-21(9-6-18)24-11-13-25(14-12-24)30(28,29)23-10-7-19-3-1-2-4-20(19)16-23/h1-10,16,26H,11-15,17H2. The Kier molecular flexibility index (Phi) is 5.85. The first kappa shape index (κ1) is 20.5. The minimum atomic E-state index is -3.54. The van der Waals surface area contributed by atoms with Gasteiger partial charge in [-0.1, -0.05) is 42.5 Å². The quantitative estimate of drug-likeness (QED) is 0.658. The molecule has 0 aromatic heterocycles. The Bertz CT molecular complexity index is 1150. The summed E-state index contributed by atoms with van der Waals surface area (Å²) in [4.78, 5) is 13.8. The van der Waals surface area contributed by atoms with Crippen LogP contribution < -0.4 is 4.90 Å². The van der Waals surface area contributed by atoms with Crippen LogP contribution in [0.2, 0.25) is 0 Å². The number of carbonyl (C=O) groups is 1. The highest BCUT2D eigenvalue weighted by Gasteiger charge is 2.28. The maximum absolute atomic E-state index is 13.1. The highest BCUT2D eigenvalue weighted by Crippen LogP contribution is 2.24. The van der Waals surface area contributed by atoms with Crippen molar-refractivity contribution in [3.8, 4) is 0 Å². The Morgan fingerprint density at radius 3 is 2.20 bits per heavy atom. The number of aliphatic hydroxyl groups is 1. The number of carbonyl (C=O) groups excluding carboxylic acids is 1. The van der Waals surface area contributed by atoms with Crippen LogP contribution in [-0.2, 0) is 21.2 Å². The van der Waals surface area contributed by atoms with Crippen molar-refractivity contribution in [2.45, 2.75) is 11.3 Å². The minimum absolute atomic E-state index is 0.213. The van der Waals surface area contributed by atoms with Gasteiger partial charge in [-0.15, -0.1) is 0 Å². The molecule has 4 rings (SSSR count). The molecule has 0 saturated carbocycles. The fourth-order valence-corrected chi connectivity index (χ4v) is 5.23. The van der Waals surface area contributed by atoms with Crippen LogP contribution in [0, 0.1) is 0 Å². The largest absolute Gasteiger partial charge is 0.389 e. The van der Waals surface area contributed by atoms with Crippen molar-refractivity contribution in [3.05, 3.63) is 72.3 Å². The Balaban J connectivity index is 1.43. The molecule has 0 amide bonds. The zero-order valence-electron chi connectivity index (χ0n) is 16.6. The summed E-state index contributed by atoms with van der Waals surface area (Å²) in [5, 5.41) is 10.8. The van der Waals surface area contributed by atoms with Gasteiger partial charge in [0.25, 0.3) is 0 Å². The van der Waals surface area contributed by atoms with Crippen molar-refractivity contribution in [3.63, 3.8) is 0 Å². The summed E-state index contributed by atoms with van der Waals surface area (Å²) < 4.78 is 27.8. The zero-order valence-corrected chi connectivity index (χ0v) is 17.4. The summed E-state index contributed by atoms with van der Waals surface area (Å²) in [6, 6.07) is 20.6. The van der Waals surface area contributed by atoms with Crippen LogP contribution in [0.1, 0.15) is 5.56 Å². The predicted octanol–water partition coefficient (Wildman–Crippen LogP) is 2.45. The maximum Gasteiger partial charge on any atom is 0.243 e. The fourth-order valence-electron chi connectivity index (χ4n) is 3.77. The lowest BCUT2D eigenvalue weighted by Crippen LogP contribution is -2.48. The number of fused-ring (bicyclic) bond motifs is 1. The molecular weight excluding hydrogens is 400 g/mol. The molecule has 0 bridgehead atoms. The molecule has 0 unspecified atom stereocenters. The molecule has 0 radical (unpaired) electrons. The average Bonchev–Trinajstić information content (AvgIpc) is 2.79. The number of hydrogen-bond acceptors (Lipinski definition) is 5. The first-order chi connectivity index (χ1) is 14.5. The van der Waals surface area contributed by atoms with Gasteiger partial charge < -0.3 is 10.0 Å². The third-order valence-corrected chi connectivity index (χ3v) is 7.37. The molecule has 7 heteroatoms. The van der Waals surface area contributed by atoms with Gasteiger partial charge in [0.2, 0.25) is 10.0 Å². The molecule has 1 heterocycles. The van der Waals surface area contributed by atoms with E-state index in [0.717, 1.165) is 22.0 Å². The van der Waals surface area contributed by atoms with Crippen LogP contribution >= 0.6 is 0 Å². The van der Waals surface area contributed by atoms with Gasteiger partial charge in [0.1, 0.15) is 6.61 Å². The van der Waals surface area contributed by atoms with Crippen LogP contribution in [0.3, 0.4) is 0 Å². The summed E-state index contributed by atoms with van der Waals surface area (Å²) in [6.07, 6.45) is 0.217. The average molecular weight is 425 g/mol. The van der Waals surface area contributed by atoms with Crippen molar-refractivity contribution < 1.29 is 18.3 Å². The van der Waals surface area contributed by atoms with Gasteiger partial charge in [0.05, 0.1) is 4.90 Å². The van der Waals surface area contributed by atoms with E-state index in [2.05, 4.69) is 4.90 Å². The summed E-state index contributed by atoms with van der Waals surface area (Å²) >= 11 is 0. The number of ketones is 1. The second kappa shape index (κ2) is 8.55. The van der Waals surface area contributed by atoms with Gasteiger partial charge >= 0.3 is 0 Å². The molecule has 156 valence electrons. The molecular formula is C23H24N2O4S. The highest BCUT2D eigenvalue weighted by atomic mass is 32.2. The Morgan fingerprint density at radius 2 is 1.53 bits per heavy atom. The number of rotatable bonds is 6. The predicted molar refractivity (Wildman–Crippen MR) is 117 cm³/mol. The molecule has 3 aromatic carbocycles. The maximum atomic E-state index is 13.1. The molecule has 6 nitrogen and oxygen atoms in total. The number of hydrogen-bond donors (Lipinski definition) is 1. The normalized spacial score (nSPS) is 15.4. The van der Waals surface area contributed by atoms with Crippen LogP contribution in [0.25, 0.3) is 10.8 Å². The third-order valence-electron chi connectivity index (χ3n) is 5.48. The molecule has 1 N–H and O–H groups in total. The fraction of sp³-hybridized carbons (Fsp3) is 0.261. The monoisotopic (exact) mass is 424 g/mol. The van der Waals surface area contributed by atoms with Gasteiger partial charge in [-0.2, -0.15) is 4.31 Å². The number of nitrogens with zero attached hydrogens (tertiary/aromatic N) is 2. The highest BCUT2D eigenvalue weighted by molar-refractivity contribution is 7.89. The summed E-state index contributed by atoms with van der Waals surface area (Å²) in [7, 11) is -3.54. The van der Waals surface area contributed by atoms with E-state index in [-0.39, 0.29) is 12.2 Å². The molecule has 3 aromatic rings. The smallest absolute Gasteiger partial charge is 0.243 e. The molecule has 1 aliphatic rings. The second-order valence-corrected chi connectivity index (χ2v) is 9.38. The number of aliphatic hydroxyl groups excluding tert-OH is 1. The van der Waals surface area contributed by atoms with E-state index >= 15 is 0 Å². The summed E-state index contributed by atoms with van der Waals surface area (Å²) in [5.74, 6) is -0.213. The van der Waals surface area contributed by atoms with Crippen LogP contribution in [0.5, 0.6) is 0 Å². The molecule has 30 heavy (non-hydrogen) atoms. The Hall–Kier alpha value is -2.74. The van der Waals surface area contributed by atoms with Crippen LogP contribution in [0.4, 0.5) is 5.69 Å². The third kappa shape index (κ3) is 4.23. The lowest BCUT2D eigenvalue weighted by Gasteiger charge is -2.35. The van der Waals surface area contributed by atoms with E-state index in [1.807, 2.05) is 54.6 Å². The van der Waals surface area contributed by atoms with Crippen molar-refractivity contribution in [1.29, 1.82) is 0 Å². The Morgan fingerprint density at radius 1 is 0.867 bits per heavy atom. The summed E-state index contributed by atoms with van der Waals surface area (Å²) in [6.45, 7) is 1.58. The first-order valence-electron chi connectivity index (χ1n) is 9.93. The lowest BCUT2D eigenvalue weighted by atomic mass is 10.1. The van der Waals surface area contributed by atoms with E-state index in [4.69, 9.17) is 5.11 Å². The number of anilines is 1. The van der Waals surface area contributed by atoms with Crippen LogP contribution in [-0.4, -0.2) is 56.4 Å². The van der Waals surface area contributed by atoms with Crippen molar-refractivity contribution in [2.75, 3.05) is 37.7 Å². The Labute approximate surface area is 176 Å². The number of sulfonamides is 1. The molecule has 0 aliphatic carbocycles. The molecule has 0 spiro atoms. The number of piperazine rings is 1. The molecule has 1 fully saturated rings. The first-order valence-corrected chi connectivity index (χ1v) is 11.4. The van der Waals surface area contributed by atoms with Gasteiger partial charge in [0.15, 0.2) is 5.78 Å². The van der Waals surface area contributed by atoms with E-state index in [1.165, 1.54) is 0 Å². The SMILES string of the molecule is O=C(CO)Cc1ccc(N2CCN(S(=O)(=O)c3ccc4ccccc4c3)CC2)cc1. The topological polar surface area (TPSA) is 77.9 Å². The second-order valence-electron chi connectivity index (χ2n) is 7.44. The number of benzene rings is 3. The van der Waals surface area contributed by atoms with E-state index in [1.54, 1.807) is 16.4 Å². The van der Waals surface area contributed by atoms with Crippen molar-refractivity contribution in [1.82, 2.24) is 4.31 Å². The molecule has 1 aliphatic heterocycles. The van der Waals surface area contributed by atoms with Crippen molar-refractivity contribution in [2.24, 2.45) is 0 Å². The zero-order chi connectivity index (χ0) is 21.1.